The second kappa shape index (κ2) is 11.5. The summed E-state index contributed by atoms with van der Waals surface area (Å²) in [7, 11) is -2.02. The number of aliphatic hydroxyl groups excluding tert-OH is 1. The molecule has 0 bridgehead atoms. The van der Waals surface area contributed by atoms with Gasteiger partial charge in [-0.05, 0) is 74.7 Å². The zero-order valence-electron chi connectivity index (χ0n) is 22.7. The molecule has 0 aromatic carbocycles. The lowest BCUT2D eigenvalue weighted by Gasteiger charge is -2.49. The van der Waals surface area contributed by atoms with E-state index < -0.39 is 26.7 Å². The van der Waals surface area contributed by atoms with Crippen LogP contribution in [-0.2, 0) is 18.7 Å². The second-order valence-corrected chi connectivity index (χ2v) is 17.4. The highest BCUT2D eigenvalue weighted by Crippen LogP contribution is 2.48. The van der Waals surface area contributed by atoms with E-state index in [1.807, 2.05) is 18.2 Å². The van der Waals surface area contributed by atoms with Crippen molar-refractivity contribution in [3.63, 3.8) is 0 Å². The fourth-order valence-corrected chi connectivity index (χ4v) is 7.79. The van der Waals surface area contributed by atoms with Crippen molar-refractivity contribution >= 4 is 14.3 Å². The fraction of sp³-hybridized carbons (Fsp3) is 0.821. The first-order valence-electron chi connectivity index (χ1n) is 13.6. The Kier molecular flexibility index (Phi) is 9.33. The van der Waals surface area contributed by atoms with Crippen LogP contribution in [0.25, 0.3) is 0 Å². The molecule has 200 valence electrons. The molecule has 6 atom stereocenters. The van der Waals surface area contributed by atoms with Crippen LogP contribution < -0.4 is 0 Å². The van der Waals surface area contributed by atoms with Crippen LogP contribution in [-0.4, -0.2) is 48.6 Å². The molecule has 0 aromatic heterocycles. The van der Waals surface area contributed by atoms with Crippen molar-refractivity contribution in [2.45, 2.75) is 128 Å². The molecule has 3 aliphatic rings. The molecule has 0 saturated heterocycles. The molecule has 7 heteroatoms. The normalized spacial score (nSPS) is 31.8. The largest absolute Gasteiger partial charge is 0.481 e. The standard InChI is InChI=1S/C28H48O6Si/c1-27(2,3)35(5,6)34-28(4,20-12-8-7-9-13-20)16-15-21-22(18-25(30)31)23(29)19-24(21)33-26-14-10-11-17-32-26/h10-11,14,17,20-24,26,29H,7-9,12-13,15-16,18-19H2,1-6H3,(H,30,31)/t21-,22?,23-,24+,26+,28-/m0/s1. The minimum atomic E-state index is -2.02. The van der Waals surface area contributed by atoms with Crippen molar-refractivity contribution in [1.29, 1.82) is 0 Å². The summed E-state index contributed by atoms with van der Waals surface area (Å²) in [5.74, 6) is -0.758. The van der Waals surface area contributed by atoms with Gasteiger partial charge in [0.2, 0.25) is 6.29 Å². The van der Waals surface area contributed by atoms with E-state index in [9.17, 15) is 15.0 Å². The van der Waals surface area contributed by atoms with Crippen molar-refractivity contribution in [3.8, 4) is 0 Å². The zero-order chi connectivity index (χ0) is 25.9. The van der Waals surface area contributed by atoms with Gasteiger partial charge in [-0.1, -0.05) is 46.1 Å². The summed E-state index contributed by atoms with van der Waals surface area (Å²) in [4.78, 5) is 11.7. The smallest absolute Gasteiger partial charge is 0.303 e. The molecule has 2 fully saturated rings. The number of aliphatic carboxylic acids is 1. The van der Waals surface area contributed by atoms with Gasteiger partial charge < -0.3 is 24.1 Å². The van der Waals surface area contributed by atoms with Crippen LogP contribution in [0.5, 0.6) is 0 Å². The van der Waals surface area contributed by atoms with Crippen LogP contribution in [0.15, 0.2) is 24.5 Å². The van der Waals surface area contributed by atoms with E-state index in [4.69, 9.17) is 13.9 Å². The third-order valence-electron chi connectivity index (χ3n) is 9.12. The van der Waals surface area contributed by atoms with Crippen molar-refractivity contribution < 1.29 is 28.9 Å². The van der Waals surface area contributed by atoms with E-state index in [-0.39, 0.29) is 35.0 Å². The van der Waals surface area contributed by atoms with E-state index in [0.717, 1.165) is 12.8 Å². The van der Waals surface area contributed by atoms with E-state index >= 15 is 0 Å². The molecule has 0 amide bonds. The van der Waals surface area contributed by atoms with Gasteiger partial charge in [0.15, 0.2) is 8.32 Å². The van der Waals surface area contributed by atoms with E-state index in [1.54, 1.807) is 6.26 Å². The van der Waals surface area contributed by atoms with Gasteiger partial charge >= 0.3 is 5.97 Å². The van der Waals surface area contributed by atoms with E-state index in [1.165, 1.54) is 32.1 Å². The predicted octanol–water partition coefficient (Wildman–Crippen LogP) is 6.41. The summed E-state index contributed by atoms with van der Waals surface area (Å²) in [6.07, 6.45) is 13.9. The number of carboxylic acids is 1. The molecule has 1 aliphatic heterocycles. The first-order chi connectivity index (χ1) is 16.3. The molecule has 6 nitrogen and oxygen atoms in total. The lowest BCUT2D eigenvalue weighted by atomic mass is 9.74. The molecule has 0 aromatic rings. The fourth-order valence-electron chi connectivity index (χ4n) is 6.05. The molecule has 1 unspecified atom stereocenters. The van der Waals surface area contributed by atoms with Gasteiger partial charge in [-0.3, -0.25) is 4.79 Å². The van der Waals surface area contributed by atoms with Crippen LogP contribution in [0.2, 0.25) is 18.1 Å². The van der Waals surface area contributed by atoms with Crippen LogP contribution >= 0.6 is 0 Å². The Balaban J connectivity index is 1.81. The number of carbonyl (C=O) groups is 1. The molecule has 1 heterocycles. The van der Waals surface area contributed by atoms with E-state index in [0.29, 0.717) is 12.3 Å². The van der Waals surface area contributed by atoms with Crippen LogP contribution in [0.1, 0.15) is 85.5 Å². The molecule has 3 rings (SSSR count). The van der Waals surface area contributed by atoms with E-state index in [2.05, 4.69) is 40.8 Å². The predicted molar refractivity (Wildman–Crippen MR) is 140 cm³/mol. The molecule has 35 heavy (non-hydrogen) atoms. The highest BCUT2D eigenvalue weighted by molar-refractivity contribution is 6.74. The quantitative estimate of drug-likeness (QED) is 0.332. The Bertz CT molecular complexity index is 766. The SMILES string of the molecule is CC(C)(C)[Si](C)(C)O[C@@](C)(CC[C@H]1C(CC(=O)O)[C@@H](O)C[C@H]1O[C@@H]1C=CC=CO1)C1CCCCC1. The summed E-state index contributed by atoms with van der Waals surface area (Å²) >= 11 is 0. The topological polar surface area (TPSA) is 85.2 Å². The average molecular weight is 509 g/mol. The summed E-state index contributed by atoms with van der Waals surface area (Å²) in [6, 6.07) is 0. The van der Waals surface area contributed by atoms with Gasteiger partial charge in [0.25, 0.3) is 0 Å². The average Bonchev–Trinajstić information content (AvgIpc) is 3.06. The Morgan fingerprint density at radius 3 is 2.34 bits per heavy atom. The molecule has 2 N–H and O–H groups in total. The highest BCUT2D eigenvalue weighted by Gasteiger charge is 2.49. The molecule has 2 aliphatic carbocycles. The lowest BCUT2D eigenvalue weighted by Crippen LogP contribution is -2.52. The minimum absolute atomic E-state index is 0.0454. The zero-order valence-corrected chi connectivity index (χ0v) is 23.7. The number of carboxylic acid groups (broad SMARTS) is 1. The lowest BCUT2D eigenvalue weighted by molar-refractivity contribution is -0.141. The summed E-state index contributed by atoms with van der Waals surface area (Å²) in [5, 5.41) is 20.5. The third kappa shape index (κ3) is 7.21. The number of hydrogen-bond donors (Lipinski definition) is 2. The van der Waals surface area contributed by atoms with Gasteiger partial charge in [-0.25, -0.2) is 0 Å². The van der Waals surface area contributed by atoms with Gasteiger partial charge in [0, 0.05) is 12.3 Å². The number of allylic oxidation sites excluding steroid dienone is 2. The third-order valence-corrected chi connectivity index (χ3v) is 13.7. The van der Waals surface area contributed by atoms with Crippen LogP contribution in [0.4, 0.5) is 0 Å². The maximum absolute atomic E-state index is 11.7. The minimum Gasteiger partial charge on any atom is -0.481 e. The maximum atomic E-state index is 11.7. The number of ether oxygens (including phenoxy) is 2. The van der Waals surface area contributed by atoms with Crippen LogP contribution in [0.3, 0.4) is 0 Å². The number of hydrogen-bond acceptors (Lipinski definition) is 5. The Hall–Kier alpha value is -1.15. The molecule has 2 saturated carbocycles. The highest BCUT2D eigenvalue weighted by atomic mass is 28.4. The first kappa shape index (κ1) is 28.4. The van der Waals surface area contributed by atoms with Crippen molar-refractivity contribution in [2.24, 2.45) is 17.8 Å². The van der Waals surface area contributed by atoms with Gasteiger partial charge in [0.1, 0.15) is 0 Å². The summed E-state index contributed by atoms with van der Waals surface area (Å²) in [5.41, 5.74) is -0.265. The van der Waals surface area contributed by atoms with Crippen molar-refractivity contribution in [2.75, 3.05) is 0 Å². The van der Waals surface area contributed by atoms with Crippen molar-refractivity contribution in [3.05, 3.63) is 24.5 Å². The Labute approximate surface area is 213 Å². The summed E-state index contributed by atoms with van der Waals surface area (Å²) in [6.45, 7) is 13.8. The summed E-state index contributed by atoms with van der Waals surface area (Å²) < 4.78 is 19.0. The van der Waals surface area contributed by atoms with Crippen LogP contribution in [0, 0.1) is 17.8 Å². The van der Waals surface area contributed by atoms with Gasteiger partial charge in [0.05, 0.1) is 30.5 Å². The molecule has 0 radical (unpaired) electrons. The molecule has 0 spiro atoms. The Morgan fingerprint density at radius 2 is 1.77 bits per heavy atom. The first-order valence-corrected chi connectivity index (χ1v) is 16.5. The Morgan fingerprint density at radius 1 is 1.09 bits per heavy atom. The maximum Gasteiger partial charge on any atom is 0.303 e. The molecular formula is C28H48O6Si. The second-order valence-electron chi connectivity index (χ2n) is 12.7. The van der Waals surface area contributed by atoms with Crippen molar-refractivity contribution in [1.82, 2.24) is 0 Å². The molecular weight excluding hydrogens is 460 g/mol. The van der Waals surface area contributed by atoms with Gasteiger partial charge in [-0.2, -0.15) is 0 Å². The monoisotopic (exact) mass is 508 g/mol. The number of aliphatic hydroxyl groups is 1. The van der Waals surface area contributed by atoms with Gasteiger partial charge in [-0.15, -0.1) is 0 Å². The number of rotatable bonds is 10.